The summed E-state index contributed by atoms with van der Waals surface area (Å²) in [6.07, 6.45) is 1.46. The van der Waals surface area contributed by atoms with E-state index < -0.39 is 5.41 Å². The minimum Gasteiger partial charge on any atom is -0.493 e. The predicted molar refractivity (Wildman–Crippen MR) is 115 cm³/mol. The van der Waals surface area contributed by atoms with Gasteiger partial charge in [0.2, 0.25) is 5.91 Å². The number of carbonyl (C=O) groups excluding carboxylic acids is 2. The number of ether oxygens (including phenoxy) is 1. The molecule has 1 saturated heterocycles. The molecule has 1 aliphatic heterocycles. The molecule has 2 aromatic carbocycles. The molecule has 0 atom stereocenters. The summed E-state index contributed by atoms with van der Waals surface area (Å²) in [5.74, 6) is 0.231. The Labute approximate surface area is 180 Å². The Morgan fingerprint density at radius 1 is 1.10 bits per heavy atom. The highest BCUT2D eigenvalue weighted by molar-refractivity contribution is 6.33. The van der Waals surface area contributed by atoms with Crippen molar-refractivity contribution in [2.45, 2.75) is 26.2 Å². The summed E-state index contributed by atoms with van der Waals surface area (Å²) < 4.78 is 5.99. The molecule has 1 fully saturated rings. The first-order chi connectivity index (χ1) is 13.8. The van der Waals surface area contributed by atoms with Gasteiger partial charge in [-0.1, -0.05) is 35.3 Å². The van der Waals surface area contributed by atoms with Crippen molar-refractivity contribution < 1.29 is 14.3 Å². The molecule has 0 spiro atoms. The Kier molecular flexibility index (Phi) is 6.70. The molecular weight excluding hydrogens is 411 g/mol. The average Bonchev–Trinajstić information content (AvgIpc) is 2.69. The Morgan fingerprint density at radius 2 is 1.79 bits per heavy atom. The van der Waals surface area contributed by atoms with Crippen molar-refractivity contribution >= 4 is 35.0 Å². The van der Waals surface area contributed by atoms with Crippen LogP contribution in [0.4, 0.5) is 0 Å². The van der Waals surface area contributed by atoms with Crippen molar-refractivity contribution in [2.75, 3.05) is 19.7 Å². The van der Waals surface area contributed by atoms with Crippen LogP contribution >= 0.6 is 23.2 Å². The molecular formula is C22H24Cl2N2O3. The average molecular weight is 435 g/mol. The highest BCUT2D eigenvalue weighted by Gasteiger charge is 2.38. The maximum atomic E-state index is 12.8. The third kappa shape index (κ3) is 5.22. The summed E-state index contributed by atoms with van der Waals surface area (Å²) in [7, 11) is 0. The fraction of sp³-hybridized carbons (Fsp3) is 0.364. The van der Waals surface area contributed by atoms with Gasteiger partial charge in [0.15, 0.2) is 0 Å². The highest BCUT2D eigenvalue weighted by atomic mass is 35.5. The van der Waals surface area contributed by atoms with Gasteiger partial charge in [-0.2, -0.15) is 0 Å². The number of halogens is 2. The molecule has 1 aliphatic rings. The number of benzene rings is 2. The lowest BCUT2D eigenvalue weighted by atomic mass is 9.76. The lowest BCUT2D eigenvalue weighted by molar-refractivity contribution is -0.121. The van der Waals surface area contributed by atoms with Crippen molar-refractivity contribution in [1.29, 1.82) is 0 Å². The third-order valence-corrected chi connectivity index (χ3v) is 6.19. The maximum absolute atomic E-state index is 12.8. The van der Waals surface area contributed by atoms with E-state index in [0.717, 1.165) is 5.56 Å². The topological polar surface area (TPSA) is 72.6 Å². The number of aryl methyl sites for hydroxylation is 1. The first-order valence-corrected chi connectivity index (χ1v) is 10.3. The molecule has 0 aliphatic carbocycles. The van der Waals surface area contributed by atoms with Crippen molar-refractivity contribution in [3.8, 4) is 5.75 Å². The standard InChI is InChI=1S/C22H24Cl2N2O3/c1-15-12-16(6-7-18(15)23)29-14-22(13-20(25)27)8-10-26(11-9-22)21(28)17-4-2-3-5-19(17)24/h2-7,12H,8-11,13-14H2,1H3,(H2,25,27). The molecule has 29 heavy (non-hydrogen) atoms. The number of nitrogens with two attached hydrogens (primary N) is 1. The van der Waals surface area contributed by atoms with Gasteiger partial charge in [0.05, 0.1) is 17.2 Å². The lowest BCUT2D eigenvalue weighted by Crippen LogP contribution is -2.47. The number of piperidine rings is 1. The Bertz CT molecular complexity index is 909. The second kappa shape index (κ2) is 9.06. The fourth-order valence-corrected chi connectivity index (χ4v) is 4.01. The van der Waals surface area contributed by atoms with Gasteiger partial charge >= 0.3 is 0 Å². The zero-order chi connectivity index (χ0) is 21.0. The Morgan fingerprint density at radius 3 is 2.41 bits per heavy atom. The van der Waals surface area contributed by atoms with E-state index in [1.165, 1.54) is 0 Å². The number of rotatable bonds is 6. The minimum atomic E-state index is -0.406. The van der Waals surface area contributed by atoms with Crippen molar-refractivity contribution in [1.82, 2.24) is 4.90 Å². The van der Waals surface area contributed by atoms with Gasteiger partial charge in [0, 0.05) is 29.9 Å². The van der Waals surface area contributed by atoms with Crippen LogP contribution in [0.15, 0.2) is 42.5 Å². The molecule has 0 bridgehead atoms. The van der Waals surface area contributed by atoms with E-state index in [-0.39, 0.29) is 18.2 Å². The first-order valence-electron chi connectivity index (χ1n) is 9.51. The first kappa shape index (κ1) is 21.5. The van der Waals surface area contributed by atoms with Crippen molar-refractivity contribution in [3.63, 3.8) is 0 Å². The molecule has 154 valence electrons. The van der Waals surface area contributed by atoms with E-state index in [1.807, 2.05) is 19.1 Å². The van der Waals surface area contributed by atoms with Gasteiger partial charge in [-0.05, 0) is 55.7 Å². The van der Waals surface area contributed by atoms with E-state index in [9.17, 15) is 9.59 Å². The van der Waals surface area contributed by atoms with Crippen LogP contribution in [0.2, 0.25) is 10.0 Å². The Hall–Kier alpha value is -2.24. The third-order valence-electron chi connectivity index (χ3n) is 5.44. The van der Waals surface area contributed by atoms with Crippen LogP contribution in [0, 0.1) is 12.3 Å². The quantitative estimate of drug-likeness (QED) is 0.727. The number of carbonyl (C=O) groups is 2. The van der Waals surface area contributed by atoms with Crippen LogP contribution in [0.25, 0.3) is 0 Å². The number of hydrogen-bond donors (Lipinski definition) is 1. The van der Waals surface area contributed by atoms with Crippen molar-refractivity contribution in [3.05, 3.63) is 63.6 Å². The van der Waals surface area contributed by atoms with Gasteiger partial charge in [-0.3, -0.25) is 9.59 Å². The van der Waals surface area contributed by atoms with E-state index in [2.05, 4.69) is 0 Å². The predicted octanol–water partition coefficient (Wildman–Crippen LogP) is 4.48. The summed E-state index contributed by atoms with van der Waals surface area (Å²) in [5.41, 5.74) is 6.53. The normalized spacial score (nSPS) is 15.8. The largest absolute Gasteiger partial charge is 0.493 e. The van der Waals surface area contributed by atoms with Crippen LogP contribution in [0.3, 0.4) is 0 Å². The molecule has 0 radical (unpaired) electrons. The van der Waals surface area contributed by atoms with Crippen LogP contribution in [0.5, 0.6) is 5.75 Å². The van der Waals surface area contributed by atoms with Crippen LogP contribution in [-0.2, 0) is 4.79 Å². The lowest BCUT2D eigenvalue weighted by Gasteiger charge is -2.41. The van der Waals surface area contributed by atoms with Gasteiger partial charge in [-0.25, -0.2) is 0 Å². The summed E-state index contributed by atoms with van der Waals surface area (Å²) in [6.45, 7) is 3.29. The van der Waals surface area contributed by atoms with E-state index in [1.54, 1.807) is 35.2 Å². The van der Waals surface area contributed by atoms with Gasteiger partial charge < -0.3 is 15.4 Å². The molecule has 3 rings (SSSR count). The molecule has 2 N–H and O–H groups in total. The molecule has 0 saturated carbocycles. The smallest absolute Gasteiger partial charge is 0.255 e. The molecule has 2 amide bonds. The molecule has 0 unspecified atom stereocenters. The van der Waals surface area contributed by atoms with Crippen LogP contribution in [0.1, 0.15) is 35.2 Å². The van der Waals surface area contributed by atoms with E-state index in [4.69, 9.17) is 33.7 Å². The zero-order valence-corrected chi connectivity index (χ0v) is 17.8. The summed E-state index contributed by atoms with van der Waals surface area (Å²) >= 11 is 12.2. The second-order valence-electron chi connectivity index (χ2n) is 7.61. The van der Waals surface area contributed by atoms with Gasteiger partial charge in [-0.15, -0.1) is 0 Å². The van der Waals surface area contributed by atoms with Crippen molar-refractivity contribution in [2.24, 2.45) is 11.1 Å². The van der Waals surface area contributed by atoms with Gasteiger partial charge in [0.1, 0.15) is 5.75 Å². The minimum absolute atomic E-state index is 0.0995. The Balaban J connectivity index is 1.68. The zero-order valence-electron chi connectivity index (χ0n) is 16.3. The van der Waals surface area contributed by atoms with Crippen LogP contribution < -0.4 is 10.5 Å². The van der Waals surface area contributed by atoms with E-state index in [0.29, 0.717) is 53.9 Å². The maximum Gasteiger partial charge on any atom is 0.255 e. The number of likely N-dealkylation sites (tertiary alicyclic amines) is 1. The van der Waals surface area contributed by atoms with E-state index >= 15 is 0 Å². The molecule has 1 heterocycles. The number of nitrogens with zero attached hydrogens (tertiary/aromatic N) is 1. The number of hydrogen-bond acceptors (Lipinski definition) is 3. The monoisotopic (exact) mass is 434 g/mol. The number of primary amides is 1. The second-order valence-corrected chi connectivity index (χ2v) is 8.43. The molecule has 5 nitrogen and oxygen atoms in total. The molecule has 0 aromatic heterocycles. The van der Waals surface area contributed by atoms with Crippen LogP contribution in [-0.4, -0.2) is 36.4 Å². The fourth-order valence-electron chi connectivity index (χ4n) is 3.67. The highest BCUT2D eigenvalue weighted by Crippen LogP contribution is 2.37. The molecule has 7 heteroatoms. The summed E-state index contributed by atoms with van der Waals surface area (Å²) in [5, 5.41) is 1.11. The summed E-state index contributed by atoms with van der Waals surface area (Å²) in [6, 6.07) is 12.5. The SMILES string of the molecule is Cc1cc(OCC2(CC(N)=O)CCN(C(=O)c3ccccc3Cl)CC2)ccc1Cl. The number of amides is 2. The summed E-state index contributed by atoms with van der Waals surface area (Å²) in [4.78, 5) is 26.3. The molecule has 2 aromatic rings. The van der Waals surface area contributed by atoms with Gasteiger partial charge in [0.25, 0.3) is 5.91 Å².